The van der Waals surface area contributed by atoms with Gasteiger partial charge in [0.2, 0.25) is 0 Å². The summed E-state index contributed by atoms with van der Waals surface area (Å²) >= 11 is 1.74. The second-order valence-corrected chi connectivity index (χ2v) is 5.90. The van der Waals surface area contributed by atoms with Crippen LogP contribution in [0.2, 0.25) is 0 Å². The first kappa shape index (κ1) is 15.9. The summed E-state index contributed by atoms with van der Waals surface area (Å²) in [5.41, 5.74) is 2.50. The van der Waals surface area contributed by atoms with Crippen LogP contribution in [0.1, 0.15) is 17.4 Å². The normalized spacial score (nSPS) is 10.8. The predicted octanol–water partition coefficient (Wildman–Crippen LogP) is 3.35. The second kappa shape index (κ2) is 8.12. The van der Waals surface area contributed by atoms with Gasteiger partial charge in [-0.05, 0) is 25.5 Å². The Morgan fingerprint density at radius 2 is 2.14 bits per heavy atom. The smallest absolute Gasteiger partial charge is 0.190 e. The molecule has 0 atom stereocenters. The van der Waals surface area contributed by atoms with Crippen LogP contribution in [-0.2, 0) is 11.3 Å². The van der Waals surface area contributed by atoms with Crippen molar-refractivity contribution in [3.8, 4) is 0 Å². The Bertz CT molecular complexity index is 556. The highest BCUT2D eigenvalue weighted by atomic mass is 32.1. The molecule has 21 heavy (non-hydrogen) atoms. The number of para-hydroxylation sites is 1. The summed E-state index contributed by atoms with van der Waals surface area (Å²) in [4.78, 5) is 8.08. The minimum Gasteiger partial charge on any atom is -0.383 e. The maximum atomic E-state index is 5.03. The molecule has 0 spiro atoms. The first-order valence-corrected chi connectivity index (χ1v) is 8.05. The first-order valence-electron chi connectivity index (χ1n) is 7.23. The van der Waals surface area contributed by atoms with E-state index in [-0.39, 0.29) is 0 Å². The monoisotopic (exact) mass is 305 g/mol. The second-order valence-electron chi connectivity index (χ2n) is 4.81. The maximum absolute atomic E-state index is 5.03. The fourth-order valence-corrected chi connectivity index (χ4v) is 3.12. The summed E-state index contributed by atoms with van der Waals surface area (Å²) in [5, 5.41) is 4.40. The molecule has 0 unspecified atom stereocenters. The highest BCUT2D eigenvalue weighted by molar-refractivity contribution is 7.15. The molecule has 114 valence electrons. The predicted molar refractivity (Wildman–Crippen MR) is 89.6 cm³/mol. The quantitative estimate of drug-likeness (QED) is 0.759. The lowest BCUT2D eigenvalue weighted by Gasteiger charge is -2.21. The van der Waals surface area contributed by atoms with Crippen molar-refractivity contribution in [2.45, 2.75) is 20.4 Å². The van der Waals surface area contributed by atoms with Gasteiger partial charge in [0.25, 0.3) is 0 Å². The molecule has 0 aliphatic carbocycles. The lowest BCUT2D eigenvalue weighted by molar-refractivity contribution is 0.199. The molecule has 1 N–H and O–H groups in total. The fourth-order valence-electron chi connectivity index (χ4n) is 2.16. The highest BCUT2D eigenvalue weighted by Gasteiger charge is 2.13. The van der Waals surface area contributed by atoms with Crippen LogP contribution >= 0.6 is 11.3 Å². The highest BCUT2D eigenvalue weighted by Crippen LogP contribution is 2.31. The van der Waals surface area contributed by atoms with E-state index < -0.39 is 0 Å². The third-order valence-corrected chi connectivity index (χ3v) is 4.30. The van der Waals surface area contributed by atoms with E-state index in [1.807, 2.05) is 6.20 Å². The van der Waals surface area contributed by atoms with Crippen molar-refractivity contribution in [3.05, 3.63) is 40.9 Å². The summed E-state index contributed by atoms with van der Waals surface area (Å²) < 4.78 is 5.03. The molecule has 1 heterocycles. The van der Waals surface area contributed by atoms with Gasteiger partial charge in [-0.1, -0.05) is 18.2 Å². The molecule has 1 aromatic heterocycles. The van der Waals surface area contributed by atoms with Crippen LogP contribution < -0.4 is 10.2 Å². The molecule has 0 radical (unpaired) electrons. The zero-order chi connectivity index (χ0) is 15.1. The minimum absolute atomic E-state index is 0.732. The van der Waals surface area contributed by atoms with Gasteiger partial charge >= 0.3 is 0 Å². The number of anilines is 2. The molecule has 2 aromatic rings. The van der Waals surface area contributed by atoms with E-state index in [1.54, 1.807) is 18.4 Å². The van der Waals surface area contributed by atoms with Crippen molar-refractivity contribution < 1.29 is 4.74 Å². The van der Waals surface area contributed by atoms with Gasteiger partial charge in [0, 0.05) is 43.5 Å². The van der Waals surface area contributed by atoms with E-state index in [1.165, 1.54) is 16.1 Å². The number of hydrogen-bond donors (Lipinski definition) is 1. The SMILES string of the molecule is CCN(c1ncc(CNCCOC)s1)c1ccccc1C. The molecule has 0 amide bonds. The van der Waals surface area contributed by atoms with Gasteiger partial charge in [0.15, 0.2) is 5.13 Å². The van der Waals surface area contributed by atoms with Crippen LogP contribution in [0.3, 0.4) is 0 Å². The summed E-state index contributed by atoms with van der Waals surface area (Å²) in [6.45, 7) is 7.64. The topological polar surface area (TPSA) is 37.4 Å². The number of benzene rings is 1. The molecule has 5 heteroatoms. The summed E-state index contributed by atoms with van der Waals surface area (Å²) in [6, 6.07) is 8.43. The minimum atomic E-state index is 0.732. The molecular formula is C16H23N3OS. The molecule has 4 nitrogen and oxygen atoms in total. The molecule has 0 aliphatic heterocycles. The van der Waals surface area contributed by atoms with Gasteiger partial charge in [-0.2, -0.15) is 0 Å². The molecular weight excluding hydrogens is 282 g/mol. The average molecular weight is 305 g/mol. The van der Waals surface area contributed by atoms with Gasteiger partial charge in [-0.15, -0.1) is 11.3 Å². The Labute approximate surface area is 130 Å². The van der Waals surface area contributed by atoms with Crippen molar-refractivity contribution in [3.63, 3.8) is 0 Å². The summed E-state index contributed by atoms with van der Waals surface area (Å²) in [5.74, 6) is 0. The average Bonchev–Trinajstić information content (AvgIpc) is 2.95. The molecule has 0 saturated carbocycles. The van der Waals surface area contributed by atoms with E-state index in [4.69, 9.17) is 4.74 Å². The van der Waals surface area contributed by atoms with Gasteiger partial charge in [-0.3, -0.25) is 0 Å². The Hall–Kier alpha value is -1.43. The van der Waals surface area contributed by atoms with Crippen LogP contribution in [-0.4, -0.2) is 31.8 Å². The standard InChI is InChI=1S/C16H23N3OS/c1-4-19(15-8-6-5-7-13(15)2)16-18-12-14(21-16)11-17-9-10-20-3/h5-8,12,17H,4,9-11H2,1-3H3. The summed E-state index contributed by atoms with van der Waals surface area (Å²) in [6.07, 6.45) is 1.96. The Morgan fingerprint density at radius 3 is 2.86 bits per heavy atom. The zero-order valence-electron chi connectivity index (χ0n) is 12.9. The van der Waals surface area contributed by atoms with Crippen molar-refractivity contribution >= 4 is 22.2 Å². The number of aromatic nitrogens is 1. The molecule has 0 bridgehead atoms. The maximum Gasteiger partial charge on any atom is 0.190 e. The van der Waals surface area contributed by atoms with Gasteiger partial charge in [0.05, 0.1) is 6.61 Å². The number of rotatable bonds is 8. The van der Waals surface area contributed by atoms with Crippen LogP contribution in [0, 0.1) is 6.92 Å². The largest absolute Gasteiger partial charge is 0.383 e. The molecule has 0 saturated heterocycles. The number of ether oxygens (including phenoxy) is 1. The summed E-state index contributed by atoms with van der Waals surface area (Å²) in [7, 11) is 1.72. The third kappa shape index (κ3) is 4.27. The Kier molecular flexibility index (Phi) is 6.17. The number of aryl methyl sites for hydroxylation is 1. The van der Waals surface area contributed by atoms with E-state index >= 15 is 0 Å². The molecule has 2 rings (SSSR count). The number of nitrogens with one attached hydrogen (secondary N) is 1. The number of thiazole rings is 1. The lowest BCUT2D eigenvalue weighted by atomic mass is 10.2. The van der Waals surface area contributed by atoms with Gasteiger partial charge in [-0.25, -0.2) is 4.98 Å². The number of methoxy groups -OCH3 is 1. The van der Waals surface area contributed by atoms with Crippen LogP contribution in [0.4, 0.5) is 10.8 Å². The Morgan fingerprint density at radius 1 is 1.33 bits per heavy atom. The van der Waals surface area contributed by atoms with Crippen molar-refractivity contribution in [2.75, 3.05) is 31.7 Å². The van der Waals surface area contributed by atoms with Gasteiger partial charge in [0.1, 0.15) is 0 Å². The van der Waals surface area contributed by atoms with E-state index in [9.17, 15) is 0 Å². The first-order chi connectivity index (χ1) is 10.3. The van der Waals surface area contributed by atoms with Crippen molar-refractivity contribution in [1.82, 2.24) is 10.3 Å². The molecule has 0 aliphatic rings. The van der Waals surface area contributed by atoms with Gasteiger partial charge < -0.3 is 15.0 Å². The molecule has 0 fully saturated rings. The fraction of sp³-hybridized carbons (Fsp3) is 0.438. The number of hydrogen-bond acceptors (Lipinski definition) is 5. The van der Waals surface area contributed by atoms with Crippen molar-refractivity contribution in [2.24, 2.45) is 0 Å². The third-order valence-electron chi connectivity index (χ3n) is 3.28. The van der Waals surface area contributed by atoms with Crippen LogP contribution in [0.25, 0.3) is 0 Å². The van der Waals surface area contributed by atoms with Crippen LogP contribution in [0.15, 0.2) is 30.5 Å². The van der Waals surface area contributed by atoms with E-state index in [2.05, 4.69) is 53.3 Å². The van der Waals surface area contributed by atoms with Crippen LogP contribution in [0.5, 0.6) is 0 Å². The van der Waals surface area contributed by atoms with E-state index in [0.29, 0.717) is 0 Å². The molecule has 1 aromatic carbocycles. The number of nitrogens with zero attached hydrogens (tertiary/aromatic N) is 2. The lowest BCUT2D eigenvalue weighted by Crippen LogP contribution is -2.18. The Balaban J connectivity index is 2.06. The van der Waals surface area contributed by atoms with E-state index in [0.717, 1.165) is 31.4 Å². The van der Waals surface area contributed by atoms with Crippen molar-refractivity contribution in [1.29, 1.82) is 0 Å². The zero-order valence-corrected chi connectivity index (χ0v) is 13.7.